The minimum atomic E-state index is -1.48. The smallest absolute Gasteiger partial charge is 0.406 e. The molecule has 0 bridgehead atoms. The van der Waals surface area contributed by atoms with E-state index in [1.54, 1.807) is 55.5 Å². The first-order chi connectivity index (χ1) is 12.5. The molecule has 26 heavy (non-hydrogen) atoms. The molecule has 7 heteroatoms. The zero-order valence-corrected chi connectivity index (χ0v) is 14.5. The minimum absolute atomic E-state index is 0.0957. The van der Waals surface area contributed by atoms with Gasteiger partial charge >= 0.3 is 11.7 Å². The van der Waals surface area contributed by atoms with Crippen molar-refractivity contribution in [3.05, 3.63) is 76.0 Å². The molecule has 1 heterocycles. The summed E-state index contributed by atoms with van der Waals surface area (Å²) >= 11 is 6.63. The Bertz CT molecular complexity index is 918. The van der Waals surface area contributed by atoms with Crippen molar-refractivity contribution in [1.82, 2.24) is 0 Å². The Kier molecular flexibility index (Phi) is 3.73. The Balaban J connectivity index is 1.97. The molecule has 1 spiro atoms. The minimum Gasteiger partial charge on any atom is -0.458 e. The van der Waals surface area contributed by atoms with Gasteiger partial charge in [0.1, 0.15) is 0 Å². The molecule has 1 aliphatic heterocycles. The van der Waals surface area contributed by atoms with Crippen molar-refractivity contribution in [2.45, 2.75) is 17.9 Å². The molecule has 1 atom stereocenters. The second-order valence-electron chi connectivity index (χ2n) is 5.97. The van der Waals surface area contributed by atoms with Crippen molar-refractivity contribution in [3.63, 3.8) is 0 Å². The van der Waals surface area contributed by atoms with Crippen LogP contribution in [0.1, 0.15) is 34.0 Å². The standard InChI is InChI=1S/C19H14ClNO5/c1-2-25-18(23)15-17(20)19(26-21(15)24)13-9-5-3-7-11(13)16(22)12-8-4-6-10-14(12)19/h3-10,17H,2H2,1H3/t17-/m1/s1. The second kappa shape index (κ2) is 5.85. The van der Waals surface area contributed by atoms with Gasteiger partial charge in [0.05, 0.1) is 11.5 Å². The normalized spacial score (nSPS) is 19.8. The van der Waals surface area contributed by atoms with Crippen LogP contribution in [-0.4, -0.2) is 34.4 Å². The van der Waals surface area contributed by atoms with Crippen molar-refractivity contribution in [1.29, 1.82) is 0 Å². The van der Waals surface area contributed by atoms with E-state index in [1.165, 1.54) is 0 Å². The molecule has 0 fully saturated rings. The summed E-state index contributed by atoms with van der Waals surface area (Å²) in [7, 11) is 0. The molecular formula is C19H14ClNO5. The van der Waals surface area contributed by atoms with Crippen LogP contribution >= 0.6 is 11.6 Å². The number of alkyl halides is 1. The van der Waals surface area contributed by atoms with Crippen LogP contribution in [0.5, 0.6) is 0 Å². The number of ketones is 1. The third kappa shape index (κ3) is 2.02. The molecule has 2 aromatic rings. The topological polar surface area (TPSA) is 78.7 Å². The molecule has 0 N–H and O–H groups in total. The molecule has 0 unspecified atom stereocenters. The van der Waals surface area contributed by atoms with Gasteiger partial charge in [0.25, 0.3) is 0 Å². The third-order valence-electron chi connectivity index (χ3n) is 4.65. The lowest BCUT2D eigenvalue weighted by molar-refractivity contribution is -0.752. The molecule has 2 aliphatic rings. The Hall–Kier alpha value is -2.86. The SMILES string of the molecule is CCOC(=O)C1=[N+]([O-])OC2(c3ccccc3C(=O)c3ccccc32)[C@@H]1Cl. The predicted octanol–water partition coefficient (Wildman–Crippen LogP) is 2.54. The van der Waals surface area contributed by atoms with E-state index in [-0.39, 0.29) is 23.0 Å². The van der Waals surface area contributed by atoms with E-state index < -0.39 is 16.9 Å². The lowest BCUT2D eigenvalue weighted by atomic mass is 9.72. The summed E-state index contributed by atoms with van der Waals surface area (Å²) in [6.45, 7) is 1.73. The van der Waals surface area contributed by atoms with E-state index in [0.29, 0.717) is 22.3 Å². The summed E-state index contributed by atoms with van der Waals surface area (Å²) in [5.41, 5.74) is -0.155. The van der Waals surface area contributed by atoms with Gasteiger partial charge in [-0.05, 0) is 18.1 Å². The highest BCUT2D eigenvalue weighted by Crippen LogP contribution is 2.49. The van der Waals surface area contributed by atoms with Crippen LogP contribution in [0.25, 0.3) is 0 Å². The van der Waals surface area contributed by atoms with Gasteiger partial charge in [-0.3, -0.25) is 10.0 Å². The number of nitrogens with zero attached hydrogens (tertiary/aromatic N) is 1. The number of ether oxygens (including phenoxy) is 1. The Morgan fingerprint density at radius 1 is 1.19 bits per heavy atom. The lowest BCUT2D eigenvalue weighted by Gasteiger charge is -2.38. The fourth-order valence-corrected chi connectivity index (χ4v) is 4.01. The van der Waals surface area contributed by atoms with Crippen molar-refractivity contribution in [2.75, 3.05) is 6.61 Å². The number of hydrogen-bond donors (Lipinski definition) is 0. The second-order valence-corrected chi connectivity index (χ2v) is 6.41. The first-order valence-corrected chi connectivity index (χ1v) is 8.54. The fraction of sp³-hybridized carbons (Fsp3) is 0.211. The Morgan fingerprint density at radius 2 is 1.73 bits per heavy atom. The van der Waals surface area contributed by atoms with Gasteiger partial charge in [-0.1, -0.05) is 48.5 Å². The lowest BCUT2D eigenvalue weighted by Crippen LogP contribution is -2.45. The number of rotatable bonds is 2. The van der Waals surface area contributed by atoms with Crippen molar-refractivity contribution in [2.24, 2.45) is 0 Å². The molecule has 6 nitrogen and oxygen atoms in total. The average Bonchev–Trinajstić information content (AvgIpc) is 2.91. The van der Waals surface area contributed by atoms with E-state index >= 15 is 0 Å². The van der Waals surface area contributed by atoms with Gasteiger partial charge in [-0.15, -0.1) is 11.6 Å². The van der Waals surface area contributed by atoms with Gasteiger partial charge in [0.2, 0.25) is 0 Å². The quantitative estimate of drug-likeness (QED) is 0.460. The summed E-state index contributed by atoms with van der Waals surface area (Å²) in [6, 6.07) is 13.6. The molecule has 0 saturated heterocycles. The van der Waals surface area contributed by atoms with Gasteiger partial charge in [-0.2, -0.15) is 0 Å². The highest BCUT2D eigenvalue weighted by molar-refractivity contribution is 6.49. The molecule has 4 rings (SSSR count). The van der Waals surface area contributed by atoms with Crippen molar-refractivity contribution in [3.8, 4) is 0 Å². The summed E-state index contributed by atoms with van der Waals surface area (Å²) in [6.07, 6.45) is 0. The van der Waals surface area contributed by atoms with Crippen LogP contribution in [0, 0.1) is 5.21 Å². The van der Waals surface area contributed by atoms with Crippen LogP contribution in [0.15, 0.2) is 48.5 Å². The number of carbonyl (C=O) groups excluding carboxylic acids is 2. The highest BCUT2D eigenvalue weighted by Gasteiger charge is 2.60. The Labute approximate surface area is 154 Å². The number of halogens is 1. The van der Waals surface area contributed by atoms with Crippen molar-refractivity contribution >= 4 is 29.1 Å². The van der Waals surface area contributed by atoms with Gasteiger partial charge in [-0.25, -0.2) is 4.79 Å². The molecule has 0 radical (unpaired) electrons. The average molecular weight is 372 g/mol. The predicted molar refractivity (Wildman–Crippen MR) is 93.1 cm³/mol. The summed E-state index contributed by atoms with van der Waals surface area (Å²) < 4.78 is 4.95. The first-order valence-electron chi connectivity index (χ1n) is 8.10. The summed E-state index contributed by atoms with van der Waals surface area (Å²) in [5.74, 6) is -1.03. The molecular weight excluding hydrogens is 358 g/mol. The third-order valence-corrected chi connectivity index (χ3v) is 5.16. The number of carbonyl (C=O) groups is 2. The van der Waals surface area contributed by atoms with Gasteiger partial charge in [0, 0.05) is 11.1 Å². The fourth-order valence-electron chi connectivity index (χ4n) is 3.57. The van der Waals surface area contributed by atoms with Crippen LogP contribution in [0.3, 0.4) is 0 Å². The highest BCUT2D eigenvalue weighted by atomic mass is 35.5. The number of hydrogen-bond acceptors (Lipinski definition) is 5. The van der Waals surface area contributed by atoms with E-state index in [2.05, 4.69) is 0 Å². The zero-order valence-electron chi connectivity index (χ0n) is 13.8. The number of benzene rings is 2. The van der Waals surface area contributed by atoms with Crippen LogP contribution in [0.2, 0.25) is 0 Å². The van der Waals surface area contributed by atoms with Crippen LogP contribution in [0.4, 0.5) is 0 Å². The first kappa shape index (κ1) is 16.6. The molecule has 132 valence electrons. The monoisotopic (exact) mass is 371 g/mol. The van der Waals surface area contributed by atoms with E-state index in [1.807, 2.05) is 0 Å². The maximum Gasteiger partial charge on any atom is 0.406 e. The number of esters is 1. The maximum atomic E-state index is 12.9. The zero-order chi connectivity index (χ0) is 18.5. The van der Waals surface area contributed by atoms with E-state index in [0.717, 1.165) is 0 Å². The van der Waals surface area contributed by atoms with E-state index in [4.69, 9.17) is 21.2 Å². The Morgan fingerprint density at radius 3 is 2.27 bits per heavy atom. The maximum absolute atomic E-state index is 12.9. The van der Waals surface area contributed by atoms with Crippen LogP contribution in [-0.2, 0) is 20.0 Å². The van der Waals surface area contributed by atoms with E-state index in [9.17, 15) is 14.8 Å². The summed E-state index contributed by atoms with van der Waals surface area (Å²) in [4.78, 5) is 30.9. The number of fused-ring (bicyclic) bond motifs is 4. The molecule has 2 aromatic carbocycles. The van der Waals surface area contributed by atoms with Crippen LogP contribution < -0.4 is 0 Å². The van der Waals surface area contributed by atoms with Crippen molar-refractivity contribution < 1.29 is 24.1 Å². The molecule has 0 amide bonds. The molecule has 0 aromatic heterocycles. The largest absolute Gasteiger partial charge is 0.458 e. The molecule has 0 saturated carbocycles. The van der Waals surface area contributed by atoms with Gasteiger partial charge in [0.15, 0.2) is 16.8 Å². The van der Waals surface area contributed by atoms with Gasteiger partial charge < -0.3 is 9.57 Å². The summed E-state index contributed by atoms with van der Waals surface area (Å²) in [5, 5.41) is 11.3. The molecule has 1 aliphatic carbocycles.